The molecule has 1 rings (SSSR count). The first-order valence-electron chi connectivity index (χ1n) is 6.44. The average Bonchev–Trinajstić information content (AvgIpc) is 2.39. The van der Waals surface area contributed by atoms with Crippen LogP contribution in [0.1, 0.15) is 39.0 Å². The van der Waals surface area contributed by atoms with Gasteiger partial charge in [-0.25, -0.2) is 0 Å². The Hall–Kier alpha value is -1.02. The number of carbonyl (C=O) groups excluding carboxylic acids is 1. The SMILES string of the molecule is CCC(S)(NC)C(=O)NC1CCC(O[N+](=O)[O-])CC1. The minimum Gasteiger partial charge on any atom is -0.351 e. The van der Waals surface area contributed by atoms with Crippen molar-refractivity contribution >= 4 is 18.5 Å². The summed E-state index contributed by atoms with van der Waals surface area (Å²) in [6.45, 7) is 1.88. The van der Waals surface area contributed by atoms with E-state index in [-0.39, 0.29) is 18.1 Å². The van der Waals surface area contributed by atoms with E-state index in [1.807, 2.05) is 6.92 Å². The van der Waals surface area contributed by atoms with E-state index in [0.29, 0.717) is 32.1 Å². The summed E-state index contributed by atoms with van der Waals surface area (Å²) < 4.78 is 0. The van der Waals surface area contributed by atoms with Crippen LogP contribution in [0.5, 0.6) is 0 Å². The highest BCUT2D eigenvalue weighted by atomic mass is 32.1. The van der Waals surface area contributed by atoms with Crippen molar-refractivity contribution in [3.8, 4) is 0 Å². The maximum absolute atomic E-state index is 12.1. The molecule has 0 aromatic carbocycles. The summed E-state index contributed by atoms with van der Waals surface area (Å²) in [5.41, 5.74) is 0. The summed E-state index contributed by atoms with van der Waals surface area (Å²) in [7, 11) is 1.69. The smallest absolute Gasteiger partial charge is 0.294 e. The van der Waals surface area contributed by atoms with Gasteiger partial charge in [0, 0.05) is 6.04 Å². The summed E-state index contributed by atoms with van der Waals surface area (Å²) in [6, 6.07) is 0.0329. The second-order valence-corrected chi connectivity index (χ2v) is 5.50. The van der Waals surface area contributed by atoms with Crippen LogP contribution < -0.4 is 10.6 Å². The third-order valence-corrected chi connectivity index (χ3v) is 4.29. The second-order valence-electron chi connectivity index (χ2n) is 4.74. The number of hydrogen-bond donors (Lipinski definition) is 3. The highest BCUT2D eigenvalue weighted by molar-refractivity contribution is 7.82. The molecule has 1 aliphatic rings. The van der Waals surface area contributed by atoms with E-state index in [1.165, 1.54) is 0 Å². The number of amides is 1. The summed E-state index contributed by atoms with van der Waals surface area (Å²) in [4.78, 5) is 26.0. The Morgan fingerprint density at radius 3 is 2.47 bits per heavy atom. The van der Waals surface area contributed by atoms with E-state index >= 15 is 0 Å². The minimum absolute atomic E-state index is 0.0329. The summed E-state index contributed by atoms with van der Waals surface area (Å²) in [6.07, 6.45) is 2.75. The molecule has 110 valence electrons. The minimum atomic E-state index is -0.867. The van der Waals surface area contributed by atoms with Gasteiger partial charge in [-0.3, -0.25) is 10.1 Å². The molecule has 0 radical (unpaired) electrons. The number of thiol groups is 1. The molecule has 0 spiro atoms. The molecule has 0 heterocycles. The van der Waals surface area contributed by atoms with Gasteiger partial charge >= 0.3 is 0 Å². The van der Waals surface area contributed by atoms with Gasteiger partial charge in [0.25, 0.3) is 11.0 Å². The van der Waals surface area contributed by atoms with Gasteiger partial charge in [0.1, 0.15) is 11.0 Å². The van der Waals surface area contributed by atoms with E-state index in [9.17, 15) is 14.9 Å². The third kappa shape index (κ3) is 4.54. The number of likely N-dealkylation sites (N-methyl/N-ethyl adjacent to an activating group) is 1. The lowest BCUT2D eigenvalue weighted by atomic mass is 9.93. The predicted octanol–water partition coefficient (Wildman–Crippen LogP) is 0.878. The van der Waals surface area contributed by atoms with Gasteiger partial charge in [-0.1, -0.05) is 6.92 Å². The van der Waals surface area contributed by atoms with Crippen molar-refractivity contribution in [2.24, 2.45) is 0 Å². The van der Waals surface area contributed by atoms with Gasteiger partial charge in [0.05, 0.1) is 0 Å². The maximum atomic E-state index is 12.1. The van der Waals surface area contributed by atoms with Gasteiger partial charge in [0.2, 0.25) is 0 Å². The summed E-state index contributed by atoms with van der Waals surface area (Å²) in [5, 5.41) is 15.3. The van der Waals surface area contributed by atoms with Crippen LogP contribution in [0.2, 0.25) is 0 Å². The van der Waals surface area contributed by atoms with Crippen molar-refractivity contribution in [1.29, 1.82) is 0 Å². The lowest BCUT2D eigenvalue weighted by Gasteiger charge is -2.32. The molecule has 1 aliphatic carbocycles. The zero-order valence-corrected chi connectivity index (χ0v) is 12.1. The number of rotatable bonds is 6. The number of hydrogen-bond acceptors (Lipinski definition) is 6. The fourth-order valence-corrected chi connectivity index (χ4v) is 2.25. The van der Waals surface area contributed by atoms with Crippen LogP contribution in [0.4, 0.5) is 0 Å². The highest BCUT2D eigenvalue weighted by Gasteiger charge is 2.33. The maximum Gasteiger partial charge on any atom is 0.294 e. The van der Waals surface area contributed by atoms with Gasteiger partial charge in [0.15, 0.2) is 0 Å². The molecule has 0 aliphatic heterocycles. The van der Waals surface area contributed by atoms with E-state index in [2.05, 4.69) is 28.1 Å². The molecule has 1 fully saturated rings. The van der Waals surface area contributed by atoms with E-state index in [0.717, 1.165) is 0 Å². The van der Waals surface area contributed by atoms with Crippen LogP contribution in [0.25, 0.3) is 0 Å². The standard InChI is InChI=1S/C11H21N3O4S/c1-3-11(19,12-2)10(15)13-8-4-6-9(7-5-8)18-14(16)17/h8-9,12,19H,3-7H2,1-2H3,(H,13,15). The fourth-order valence-electron chi connectivity index (χ4n) is 2.19. The first-order valence-corrected chi connectivity index (χ1v) is 6.89. The predicted molar refractivity (Wildman–Crippen MR) is 73.3 cm³/mol. The monoisotopic (exact) mass is 291 g/mol. The van der Waals surface area contributed by atoms with Crippen molar-refractivity contribution in [3.05, 3.63) is 10.1 Å². The second kappa shape index (κ2) is 6.95. The Morgan fingerprint density at radius 1 is 1.47 bits per heavy atom. The molecule has 1 unspecified atom stereocenters. The van der Waals surface area contributed by atoms with E-state index in [4.69, 9.17) is 0 Å². The van der Waals surface area contributed by atoms with Gasteiger partial charge in [-0.2, -0.15) is 0 Å². The molecule has 19 heavy (non-hydrogen) atoms. The molecule has 0 aromatic rings. The van der Waals surface area contributed by atoms with Crippen molar-refractivity contribution in [2.75, 3.05) is 7.05 Å². The zero-order valence-electron chi connectivity index (χ0n) is 11.2. The quantitative estimate of drug-likeness (QED) is 0.292. The van der Waals surface area contributed by atoms with Crippen LogP contribution in [-0.4, -0.2) is 35.1 Å². The average molecular weight is 291 g/mol. The molecule has 2 N–H and O–H groups in total. The molecule has 1 amide bonds. The largest absolute Gasteiger partial charge is 0.351 e. The number of nitrogens with one attached hydrogen (secondary N) is 2. The topological polar surface area (TPSA) is 93.5 Å². The van der Waals surface area contributed by atoms with Crippen LogP contribution in [-0.2, 0) is 9.63 Å². The zero-order chi connectivity index (χ0) is 14.5. The first kappa shape index (κ1) is 16.0. The molecular formula is C11H21N3O4S. The third-order valence-electron chi connectivity index (χ3n) is 3.55. The Bertz CT molecular complexity index is 328. The van der Waals surface area contributed by atoms with Gasteiger partial charge in [-0.15, -0.1) is 22.7 Å². The molecule has 0 bridgehead atoms. The summed E-state index contributed by atoms with van der Waals surface area (Å²) in [5.74, 6) is -0.153. The normalized spacial score (nSPS) is 26.3. The molecule has 0 saturated heterocycles. The van der Waals surface area contributed by atoms with Crippen molar-refractivity contribution in [3.63, 3.8) is 0 Å². The van der Waals surface area contributed by atoms with Crippen molar-refractivity contribution < 1.29 is 14.7 Å². The first-order chi connectivity index (χ1) is 8.91. The molecular weight excluding hydrogens is 270 g/mol. The molecule has 1 atom stereocenters. The van der Waals surface area contributed by atoms with E-state index < -0.39 is 9.96 Å². The lowest BCUT2D eigenvalue weighted by Crippen LogP contribution is -2.54. The van der Waals surface area contributed by atoms with Crippen LogP contribution in [0.15, 0.2) is 0 Å². The Balaban J connectivity index is 2.40. The number of carbonyl (C=O) groups is 1. The van der Waals surface area contributed by atoms with Crippen LogP contribution >= 0.6 is 12.6 Å². The molecule has 8 heteroatoms. The van der Waals surface area contributed by atoms with Crippen molar-refractivity contribution in [2.45, 2.75) is 56.0 Å². The number of nitrogens with zero attached hydrogens (tertiary/aromatic N) is 1. The highest BCUT2D eigenvalue weighted by Crippen LogP contribution is 2.23. The molecule has 7 nitrogen and oxygen atoms in total. The Morgan fingerprint density at radius 2 is 2.05 bits per heavy atom. The molecule has 1 saturated carbocycles. The summed E-state index contributed by atoms with van der Waals surface area (Å²) >= 11 is 4.34. The Kier molecular flexibility index (Phi) is 5.86. The fraction of sp³-hybridized carbons (Fsp3) is 0.909. The lowest BCUT2D eigenvalue weighted by molar-refractivity contribution is -0.769. The molecule has 0 aromatic heterocycles. The van der Waals surface area contributed by atoms with Crippen LogP contribution in [0, 0.1) is 10.1 Å². The van der Waals surface area contributed by atoms with Crippen molar-refractivity contribution in [1.82, 2.24) is 10.6 Å². The van der Waals surface area contributed by atoms with Crippen LogP contribution in [0.3, 0.4) is 0 Å². The van der Waals surface area contributed by atoms with E-state index in [1.54, 1.807) is 7.05 Å². The van der Waals surface area contributed by atoms with Gasteiger partial charge < -0.3 is 10.2 Å². The Labute approximate surface area is 118 Å². The van der Waals surface area contributed by atoms with Gasteiger partial charge in [-0.05, 0) is 39.2 Å².